The molecule has 0 fully saturated rings. The Balaban J connectivity index is 1.74. The molecule has 5 nitrogen and oxygen atoms in total. The first-order valence-electron chi connectivity index (χ1n) is 8.18. The van der Waals surface area contributed by atoms with E-state index in [9.17, 15) is 22.8 Å². The highest BCUT2D eigenvalue weighted by Gasteiger charge is 2.34. The lowest BCUT2D eigenvalue weighted by Crippen LogP contribution is -2.37. The van der Waals surface area contributed by atoms with Crippen LogP contribution >= 0.6 is 0 Å². The Morgan fingerprint density at radius 2 is 1.59 bits per heavy atom. The molecule has 0 aliphatic rings. The molecule has 2 amide bonds. The number of carbonyl (C=O) groups is 2. The lowest BCUT2D eigenvalue weighted by atomic mass is 10.1. The van der Waals surface area contributed by atoms with Crippen LogP contribution in [0.4, 0.5) is 13.2 Å². The van der Waals surface area contributed by atoms with E-state index in [-0.39, 0.29) is 19.7 Å². The Bertz CT molecular complexity index is 790. The fourth-order valence-corrected chi connectivity index (χ4v) is 2.24. The van der Waals surface area contributed by atoms with E-state index in [1.54, 1.807) is 12.1 Å². The van der Waals surface area contributed by atoms with E-state index < -0.39 is 29.1 Å². The molecule has 0 aliphatic carbocycles. The predicted molar refractivity (Wildman–Crippen MR) is 93.5 cm³/mol. The summed E-state index contributed by atoms with van der Waals surface area (Å²) in [5.74, 6) is -0.707. The molecule has 0 bridgehead atoms. The molecule has 0 unspecified atom stereocenters. The van der Waals surface area contributed by atoms with Crippen molar-refractivity contribution in [3.8, 4) is 5.75 Å². The highest BCUT2D eigenvalue weighted by molar-refractivity contribution is 5.95. The van der Waals surface area contributed by atoms with Crippen molar-refractivity contribution in [3.05, 3.63) is 65.2 Å². The summed E-state index contributed by atoms with van der Waals surface area (Å²) in [7, 11) is 0. The Morgan fingerprint density at radius 3 is 2.26 bits per heavy atom. The number of hydrogen-bond acceptors (Lipinski definition) is 3. The maximum atomic E-state index is 12.9. The zero-order valence-corrected chi connectivity index (χ0v) is 14.6. The lowest BCUT2D eigenvalue weighted by Gasteiger charge is -2.13. The Kier molecular flexibility index (Phi) is 6.81. The van der Waals surface area contributed by atoms with Crippen LogP contribution in [-0.2, 0) is 11.0 Å². The number of alkyl halides is 3. The van der Waals surface area contributed by atoms with Crippen molar-refractivity contribution in [1.82, 2.24) is 10.6 Å². The smallest absolute Gasteiger partial charge is 0.417 e. The molecule has 27 heavy (non-hydrogen) atoms. The van der Waals surface area contributed by atoms with E-state index in [0.717, 1.165) is 17.7 Å². The molecular formula is C19H19F3N2O3. The first-order chi connectivity index (χ1) is 12.8. The molecule has 2 aromatic rings. The van der Waals surface area contributed by atoms with E-state index in [2.05, 4.69) is 10.6 Å². The van der Waals surface area contributed by atoms with Gasteiger partial charge in [-0.1, -0.05) is 29.8 Å². The first kappa shape index (κ1) is 20.3. The number of hydrogen-bond donors (Lipinski definition) is 2. The third-order valence-electron chi connectivity index (χ3n) is 3.60. The molecule has 0 radical (unpaired) electrons. The molecule has 2 rings (SSSR count). The molecule has 8 heteroatoms. The average Bonchev–Trinajstić information content (AvgIpc) is 2.64. The van der Waals surface area contributed by atoms with Gasteiger partial charge < -0.3 is 15.4 Å². The summed E-state index contributed by atoms with van der Waals surface area (Å²) < 4.78 is 44.0. The van der Waals surface area contributed by atoms with Crippen LogP contribution in [0.1, 0.15) is 21.5 Å². The van der Waals surface area contributed by atoms with Gasteiger partial charge in [-0.2, -0.15) is 13.2 Å². The Hall–Kier alpha value is -3.03. The van der Waals surface area contributed by atoms with Gasteiger partial charge in [-0.3, -0.25) is 9.59 Å². The van der Waals surface area contributed by atoms with Crippen LogP contribution in [0.3, 0.4) is 0 Å². The third kappa shape index (κ3) is 6.32. The minimum absolute atomic E-state index is 0.0126. The van der Waals surface area contributed by atoms with Gasteiger partial charge >= 0.3 is 6.18 Å². The van der Waals surface area contributed by atoms with Crippen LogP contribution in [0.5, 0.6) is 5.75 Å². The largest absolute Gasteiger partial charge is 0.484 e. The second kappa shape index (κ2) is 9.07. The van der Waals surface area contributed by atoms with Gasteiger partial charge in [0.05, 0.1) is 11.1 Å². The molecule has 0 heterocycles. The molecule has 0 spiro atoms. The van der Waals surface area contributed by atoms with Crippen LogP contribution in [-0.4, -0.2) is 31.5 Å². The van der Waals surface area contributed by atoms with Crippen LogP contribution < -0.4 is 15.4 Å². The van der Waals surface area contributed by atoms with Gasteiger partial charge in [0, 0.05) is 13.1 Å². The quantitative estimate of drug-likeness (QED) is 0.726. The van der Waals surface area contributed by atoms with Crippen molar-refractivity contribution in [1.29, 1.82) is 0 Å². The van der Waals surface area contributed by atoms with Crippen LogP contribution in [0.2, 0.25) is 0 Å². The number of halogens is 3. The predicted octanol–water partition coefficient (Wildman–Crippen LogP) is 2.94. The number of ether oxygens (including phenoxy) is 1. The molecule has 144 valence electrons. The number of rotatable bonds is 7. The summed E-state index contributed by atoms with van der Waals surface area (Å²) in [5.41, 5.74) is -0.397. The number of aryl methyl sites for hydroxylation is 1. The van der Waals surface area contributed by atoms with Crippen molar-refractivity contribution in [2.75, 3.05) is 19.7 Å². The molecule has 0 aliphatic heterocycles. The minimum atomic E-state index is -4.62. The molecule has 0 aromatic heterocycles. The van der Waals surface area contributed by atoms with Gasteiger partial charge in [0.2, 0.25) is 0 Å². The highest BCUT2D eigenvalue weighted by Crippen LogP contribution is 2.31. The Morgan fingerprint density at radius 1 is 0.963 bits per heavy atom. The van der Waals surface area contributed by atoms with Crippen molar-refractivity contribution in [2.45, 2.75) is 13.1 Å². The van der Waals surface area contributed by atoms with Gasteiger partial charge in [0.15, 0.2) is 6.61 Å². The lowest BCUT2D eigenvalue weighted by molar-refractivity contribution is -0.138. The standard InChI is InChI=1S/C19H19F3N2O3/c1-13-6-8-14(9-7-13)27-12-17(25)23-10-11-24-18(26)15-4-2-3-5-16(15)19(20,21)22/h2-9H,10-12H2,1H3,(H,23,25)(H,24,26). The second-order valence-corrected chi connectivity index (χ2v) is 5.75. The zero-order chi connectivity index (χ0) is 19.9. The van der Waals surface area contributed by atoms with Gasteiger partial charge in [-0.05, 0) is 31.2 Å². The SMILES string of the molecule is Cc1ccc(OCC(=O)NCCNC(=O)c2ccccc2C(F)(F)F)cc1. The summed E-state index contributed by atoms with van der Waals surface area (Å²) in [6.45, 7) is 1.78. The maximum Gasteiger partial charge on any atom is 0.417 e. The summed E-state index contributed by atoms with van der Waals surface area (Å²) in [6.07, 6.45) is -4.62. The van der Waals surface area contributed by atoms with Crippen LogP contribution in [0.25, 0.3) is 0 Å². The van der Waals surface area contributed by atoms with Crippen molar-refractivity contribution < 1.29 is 27.5 Å². The molecule has 0 atom stereocenters. The molecule has 2 aromatic carbocycles. The van der Waals surface area contributed by atoms with Crippen LogP contribution in [0, 0.1) is 6.92 Å². The maximum absolute atomic E-state index is 12.9. The molecule has 0 saturated carbocycles. The summed E-state index contributed by atoms with van der Waals surface area (Å²) in [6, 6.07) is 11.7. The van der Waals surface area contributed by atoms with Crippen molar-refractivity contribution in [2.24, 2.45) is 0 Å². The fraction of sp³-hybridized carbons (Fsp3) is 0.263. The van der Waals surface area contributed by atoms with Crippen molar-refractivity contribution >= 4 is 11.8 Å². The number of benzene rings is 2. The second-order valence-electron chi connectivity index (χ2n) is 5.75. The number of amides is 2. The molecular weight excluding hydrogens is 361 g/mol. The highest BCUT2D eigenvalue weighted by atomic mass is 19.4. The Labute approximate surface area is 154 Å². The zero-order valence-electron chi connectivity index (χ0n) is 14.6. The average molecular weight is 380 g/mol. The van der Waals surface area contributed by atoms with Crippen LogP contribution in [0.15, 0.2) is 48.5 Å². The summed E-state index contributed by atoms with van der Waals surface area (Å²) >= 11 is 0. The summed E-state index contributed by atoms with van der Waals surface area (Å²) in [4.78, 5) is 23.6. The normalized spacial score (nSPS) is 11.0. The minimum Gasteiger partial charge on any atom is -0.484 e. The molecule has 2 N–H and O–H groups in total. The molecule has 0 saturated heterocycles. The number of carbonyl (C=O) groups excluding carboxylic acids is 2. The van der Waals surface area contributed by atoms with Gasteiger partial charge in [-0.25, -0.2) is 0 Å². The van der Waals surface area contributed by atoms with Gasteiger partial charge in [0.1, 0.15) is 5.75 Å². The van der Waals surface area contributed by atoms with Gasteiger partial charge in [-0.15, -0.1) is 0 Å². The fourth-order valence-electron chi connectivity index (χ4n) is 2.24. The van der Waals surface area contributed by atoms with E-state index in [0.29, 0.717) is 5.75 Å². The van der Waals surface area contributed by atoms with Crippen molar-refractivity contribution in [3.63, 3.8) is 0 Å². The van der Waals surface area contributed by atoms with E-state index in [1.165, 1.54) is 12.1 Å². The van der Waals surface area contributed by atoms with E-state index in [4.69, 9.17) is 4.74 Å². The monoisotopic (exact) mass is 380 g/mol. The third-order valence-corrected chi connectivity index (χ3v) is 3.60. The van der Waals surface area contributed by atoms with E-state index >= 15 is 0 Å². The number of nitrogens with one attached hydrogen (secondary N) is 2. The first-order valence-corrected chi connectivity index (χ1v) is 8.18. The topological polar surface area (TPSA) is 67.4 Å². The summed E-state index contributed by atoms with van der Waals surface area (Å²) in [5, 5.41) is 4.87. The van der Waals surface area contributed by atoms with E-state index in [1.807, 2.05) is 19.1 Å². The van der Waals surface area contributed by atoms with Gasteiger partial charge in [0.25, 0.3) is 11.8 Å².